The van der Waals surface area contributed by atoms with E-state index in [2.05, 4.69) is 25.1 Å². The number of nitrogens with zero attached hydrogens (tertiary/aromatic N) is 7. The van der Waals surface area contributed by atoms with Crippen LogP contribution in [0.2, 0.25) is 0 Å². The van der Waals surface area contributed by atoms with Gasteiger partial charge in [0.15, 0.2) is 5.69 Å². The van der Waals surface area contributed by atoms with E-state index >= 15 is 0 Å². The molecule has 0 aliphatic rings. The highest BCUT2D eigenvalue weighted by atomic mass is 19.4. The van der Waals surface area contributed by atoms with Crippen molar-refractivity contribution in [3.05, 3.63) is 36.4 Å². The third-order valence-electron chi connectivity index (χ3n) is 2.42. The van der Waals surface area contributed by atoms with Gasteiger partial charge in [-0.2, -0.15) is 38.3 Å². The van der Waals surface area contributed by atoms with Crippen LogP contribution in [0.1, 0.15) is 5.69 Å². The molecule has 21 heavy (non-hydrogen) atoms. The predicted octanol–water partition coefficient (Wildman–Crippen LogP) is 0.844. The van der Waals surface area contributed by atoms with Crippen molar-refractivity contribution >= 4 is 5.95 Å². The maximum atomic E-state index is 12.5. The smallest absolute Gasteiger partial charge is 0.368 e. The van der Waals surface area contributed by atoms with Gasteiger partial charge in [0.25, 0.3) is 11.9 Å². The van der Waals surface area contributed by atoms with Crippen molar-refractivity contribution in [2.45, 2.75) is 6.18 Å². The second kappa shape index (κ2) is 4.54. The molecule has 0 fully saturated rings. The van der Waals surface area contributed by atoms with E-state index in [0.717, 1.165) is 16.9 Å². The van der Waals surface area contributed by atoms with Crippen LogP contribution in [0.3, 0.4) is 0 Å². The van der Waals surface area contributed by atoms with Gasteiger partial charge in [-0.05, 0) is 12.1 Å². The maximum absolute atomic E-state index is 12.5. The van der Waals surface area contributed by atoms with Crippen LogP contribution in [0, 0.1) is 0 Å². The number of rotatable bonds is 2. The molecule has 0 saturated heterocycles. The first kappa shape index (κ1) is 13.0. The summed E-state index contributed by atoms with van der Waals surface area (Å²) >= 11 is 0. The Morgan fingerprint density at radius 2 is 1.71 bits per heavy atom. The highest BCUT2D eigenvalue weighted by Gasteiger charge is 2.33. The Morgan fingerprint density at radius 3 is 2.29 bits per heavy atom. The number of hydrogen-bond donors (Lipinski definition) is 1. The Labute approximate surface area is 115 Å². The molecule has 8 nitrogen and oxygen atoms in total. The Kier molecular flexibility index (Phi) is 2.82. The van der Waals surface area contributed by atoms with Gasteiger partial charge < -0.3 is 5.73 Å². The first-order valence-corrected chi connectivity index (χ1v) is 5.58. The lowest BCUT2D eigenvalue weighted by molar-refractivity contribution is -0.141. The van der Waals surface area contributed by atoms with Crippen molar-refractivity contribution in [1.82, 2.24) is 34.5 Å². The number of nitrogen functional groups attached to an aromatic ring is 1. The minimum atomic E-state index is -4.55. The van der Waals surface area contributed by atoms with E-state index in [1.165, 1.54) is 10.9 Å². The van der Waals surface area contributed by atoms with Crippen LogP contribution in [-0.2, 0) is 6.18 Å². The standard InChI is InChI=1S/C10H7F3N8/c11-10(12,13)6-2-5-21(19-6)9-17-7(14)16-8(18-9)20-4-1-3-15-20/h1-5H,(H2,14,16,17,18). The van der Waals surface area contributed by atoms with Crippen molar-refractivity contribution in [2.75, 3.05) is 5.73 Å². The van der Waals surface area contributed by atoms with Crippen molar-refractivity contribution in [3.63, 3.8) is 0 Å². The van der Waals surface area contributed by atoms with E-state index < -0.39 is 11.9 Å². The maximum Gasteiger partial charge on any atom is 0.435 e. The van der Waals surface area contributed by atoms with Gasteiger partial charge in [-0.15, -0.1) is 0 Å². The monoisotopic (exact) mass is 296 g/mol. The van der Waals surface area contributed by atoms with E-state index in [9.17, 15) is 13.2 Å². The minimum absolute atomic E-state index is 0.0755. The predicted molar refractivity (Wildman–Crippen MR) is 63.5 cm³/mol. The van der Waals surface area contributed by atoms with E-state index in [0.29, 0.717) is 0 Å². The van der Waals surface area contributed by atoms with Crippen LogP contribution in [-0.4, -0.2) is 34.5 Å². The molecule has 0 bridgehead atoms. The zero-order valence-electron chi connectivity index (χ0n) is 10.2. The molecule has 108 valence electrons. The lowest BCUT2D eigenvalue weighted by Crippen LogP contribution is -2.13. The van der Waals surface area contributed by atoms with Crippen LogP contribution in [0.4, 0.5) is 19.1 Å². The number of anilines is 1. The number of alkyl halides is 3. The lowest BCUT2D eigenvalue weighted by atomic mass is 10.4. The van der Waals surface area contributed by atoms with Crippen molar-refractivity contribution in [2.24, 2.45) is 0 Å². The second-order valence-electron chi connectivity index (χ2n) is 3.89. The largest absolute Gasteiger partial charge is 0.435 e. The topological polar surface area (TPSA) is 100 Å². The molecular formula is C10H7F3N8. The molecule has 11 heteroatoms. The average molecular weight is 296 g/mol. The zero-order valence-corrected chi connectivity index (χ0v) is 10.2. The molecule has 0 amide bonds. The van der Waals surface area contributed by atoms with Gasteiger partial charge in [0, 0.05) is 18.6 Å². The molecule has 0 atom stereocenters. The zero-order chi connectivity index (χ0) is 15.0. The quantitative estimate of drug-likeness (QED) is 0.752. The fraction of sp³-hybridized carbons (Fsp3) is 0.100. The van der Waals surface area contributed by atoms with E-state index in [1.807, 2.05) is 0 Å². The van der Waals surface area contributed by atoms with Gasteiger partial charge in [-0.25, -0.2) is 9.36 Å². The van der Waals surface area contributed by atoms with Gasteiger partial charge in [0.1, 0.15) is 0 Å². The molecule has 0 aliphatic heterocycles. The molecule has 3 heterocycles. The normalized spacial score (nSPS) is 11.8. The van der Waals surface area contributed by atoms with Crippen molar-refractivity contribution < 1.29 is 13.2 Å². The molecule has 3 aromatic rings. The molecular weight excluding hydrogens is 289 g/mol. The molecule has 2 N–H and O–H groups in total. The summed E-state index contributed by atoms with van der Waals surface area (Å²) in [4.78, 5) is 11.6. The van der Waals surface area contributed by atoms with Gasteiger partial charge in [0.2, 0.25) is 5.95 Å². The Hall–Kier alpha value is -2.98. The number of halogens is 3. The first-order chi connectivity index (χ1) is 9.93. The highest BCUT2D eigenvalue weighted by Crippen LogP contribution is 2.27. The lowest BCUT2D eigenvalue weighted by Gasteiger charge is -2.05. The van der Waals surface area contributed by atoms with Gasteiger partial charge in [-0.1, -0.05) is 0 Å². The summed E-state index contributed by atoms with van der Waals surface area (Å²) in [6.07, 6.45) is -0.406. The number of aromatic nitrogens is 7. The van der Waals surface area contributed by atoms with Crippen LogP contribution < -0.4 is 5.73 Å². The van der Waals surface area contributed by atoms with Crippen LogP contribution >= 0.6 is 0 Å². The molecule has 0 spiro atoms. The molecule has 0 aliphatic carbocycles. The summed E-state index contributed by atoms with van der Waals surface area (Å²) in [5, 5.41) is 7.27. The van der Waals surface area contributed by atoms with E-state index in [4.69, 9.17) is 5.73 Å². The van der Waals surface area contributed by atoms with Crippen LogP contribution in [0.5, 0.6) is 0 Å². The molecule has 0 saturated carbocycles. The minimum Gasteiger partial charge on any atom is -0.368 e. The third kappa shape index (κ3) is 2.52. The summed E-state index contributed by atoms with van der Waals surface area (Å²) in [5.74, 6) is -0.218. The Balaban J connectivity index is 2.05. The van der Waals surface area contributed by atoms with Crippen LogP contribution in [0.25, 0.3) is 11.9 Å². The average Bonchev–Trinajstić information content (AvgIpc) is 3.09. The molecule has 0 radical (unpaired) electrons. The van der Waals surface area contributed by atoms with Crippen molar-refractivity contribution in [1.29, 1.82) is 0 Å². The summed E-state index contributed by atoms with van der Waals surface area (Å²) < 4.78 is 39.8. The highest BCUT2D eigenvalue weighted by molar-refractivity contribution is 5.28. The summed E-state index contributed by atoms with van der Waals surface area (Å²) in [6, 6.07) is 2.45. The molecule has 3 rings (SSSR count). The third-order valence-corrected chi connectivity index (χ3v) is 2.42. The second-order valence-corrected chi connectivity index (χ2v) is 3.89. The van der Waals surface area contributed by atoms with Gasteiger partial charge in [-0.3, -0.25) is 0 Å². The Bertz CT molecular complexity index is 761. The SMILES string of the molecule is Nc1nc(-n2cccn2)nc(-n2ccc(C(F)(F)F)n2)n1. The fourth-order valence-electron chi connectivity index (χ4n) is 1.55. The van der Waals surface area contributed by atoms with E-state index in [-0.39, 0.29) is 17.8 Å². The number of hydrogen-bond acceptors (Lipinski definition) is 6. The Morgan fingerprint density at radius 1 is 1.00 bits per heavy atom. The summed E-state index contributed by atoms with van der Waals surface area (Å²) in [5.41, 5.74) is 4.48. The van der Waals surface area contributed by atoms with Gasteiger partial charge >= 0.3 is 6.18 Å². The first-order valence-electron chi connectivity index (χ1n) is 5.58. The summed E-state index contributed by atoms with van der Waals surface area (Å²) in [7, 11) is 0. The van der Waals surface area contributed by atoms with Crippen LogP contribution in [0.15, 0.2) is 30.7 Å². The molecule has 0 unspecified atom stereocenters. The number of nitrogens with two attached hydrogens (primary N) is 1. The summed E-state index contributed by atoms with van der Waals surface area (Å²) in [6.45, 7) is 0. The fourth-order valence-corrected chi connectivity index (χ4v) is 1.55. The molecule has 3 aromatic heterocycles. The molecule has 0 aromatic carbocycles. The van der Waals surface area contributed by atoms with Crippen molar-refractivity contribution in [3.8, 4) is 11.9 Å². The van der Waals surface area contributed by atoms with E-state index in [1.54, 1.807) is 12.3 Å². The van der Waals surface area contributed by atoms with Gasteiger partial charge in [0.05, 0.1) is 0 Å².